The summed E-state index contributed by atoms with van der Waals surface area (Å²) in [5.74, 6) is 0. The number of benzene rings is 8. The van der Waals surface area contributed by atoms with Crippen LogP contribution in [0, 0.1) is 0 Å². The Hall–Kier alpha value is -6.58. The zero-order valence-electron chi connectivity index (χ0n) is 26.5. The van der Waals surface area contributed by atoms with Crippen molar-refractivity contribution in [2.45, 2.75) is 0 Å². The first kappa shape index (κ1) is 27.5. The molecule has 0 saturated carbocycles. The summed E-state index contributed by atoms with van der Waals surface area (Å²) in [5.41, 5.74) is 11.6. The third-order valence-corrected chi connectivity index (χ3v) is 9.67. The van der Waals surface area contributed by atoms with Crippen LogP contribution in [0.5, 0.6) is 0 Å². The van der Waals surface area contributed by atoms with Gasteiger partial charge in [0.1, 0.15) is 22.3 Å². The normalized spacial score (nSPS) is 11.7. The van der Waals surface area contributed by atoms with Crippen LogP contribution >= 0.6 is 0 Å². The summed E-state index contributed by atoms with van der Waals surface area (Å²) in [6.45, 7) is 0. The summed E-state index contributed by atoms with van der Waals surface area (Å²) >= 11 is 0. The fourth-order valence-electron chi connectivity index (χ4n) is 7.32. The van der Waals surface area contributed by atoms with Crippen LogP contribution in [0.4, 0.5) is 17.1 Å². The lowest BCUT2D eigenvalue weighted by molar-refractivity contribution is 0.669. The third kappa shape index (κ3) is 4.51. The first-order chi connectivity index (χ1) is 24.3. The van der Waals surface area contributed by atoms with Crippen molar-refractivity contribution in [3.63, 3.8) is 0 Å². The van der Waals surface area contributed by atoms with E-state index >= 15 is 0 Å². The molecule has 3 nitrogen and oxygen atoms in total. The van der Waals surface area contributed by atoms with Crippen LogP contribution in [0.25, 0.3) is 76.9 Å². The zero-order valence-corrected chi connectivity index (χ0v) is 26.5. The van der Waals surface area contributed by atoms with E-state index in [9.17, 15) is 0 Å². The van der Waals surface area contributed by atoms with Gasteiger partial charge in [0.15, 0.2) is 0 Å². The van der Waals surface area contributed by atoms with Gasteiger partial charge in [0, 0.05) is 44.0 Å². The molecular formula is C46H29NO2. The molecule has 0 aliphatic heterocycles. The molecule has 3 heteroatoms. The van der Waals surface area contributed by atoms with Crippen molar-refractivity contribution >= 4 is 71.7 Å². The van der Waals surface area contributed by atoms with E-state index in [1.54, 1.807) is 0 Å². The standard InChI is InChI=1S/C46H29NO2/c1-2-10-34(11-3-1)47(35-23-17-30(18-24-35)33-22-28-43-41(29-33)39-13-6-7-15-42(39)48-43)36-25-19-32(20-26-36)37-14-8-16-44-45(37)40-27-21-31-9-4-5-12-38(31)46(40)49-44/h1-29H. The Morgan fingerprint density at radius 2 is 0.980 bits per heavy atom. The topological polar surface area (TPSA) is 29.5 Å². The summed E-state index contributed by atoms with van der Waals surface area (Å²) in [6, 6.07) is 62.0. The van der Waals surface area contributed by atoms with E-state index in [2.05, 4.69) is 169 Å². The maximum Gasteiger partial charge on any atom is 0.143 e. The Bertz CT molecular complexity index is 2810. The molecule has 0 radical (unpaired) electrons. The average molecular weight is 628 g/mol. The number of hydrogen-bond acceptors (Lipinski definition) is 3. The summed E-state index contributed by atoms with van der Waals surface area (Å²) in [4.78, 5) is 2.31. The highest BCUT2D eigenvalue weighted by Crippen LogP contribution is 2.41. The van der Waals surface area contributed by atoms with E-state index in [0.29, 0.717) is 0 Å². The van der Waals surface area contributed by atoms with E-state index in [1.807, 2.05) is 12.1 Å². The van der Waals surface area contributed by atoms with Crippen LogP contribution in [0.15, 0.2) is 185 Å². The van der Waals surface area contributed by atoms with Crippen LogP contribution in [0.2, 0.25) is 0 Å². The van der Waals surface area contributed by atoms with Crippen molar-refractivity contribution in [3.05, 3.63) is 176 Å². The Morgan fingerprint density at radius 3 is 1.80 bits per heavy atom. The smallest absolute Gasteiger partial charge is 0.143 e. The summed E-state index contributed by atoms with van der Waals surface area (Å²) < 4.78 is 12.5. The number of hydrogen-bond donors (Lipinski definition) is 0. The number of furan rings is 2. The van der Waals surface area contributed by atoms with Gasteiger partial charge in [0.25, 0.3) is 0 Å². The minimum atomic E-state index is 0.902. The maximum absolute atomic E-state index is 6.47. The Morgan fingerprint density at radius 1 is 0.347 bits per heavy atom. The monoisotopic (exact) mass is 627 g/mol. The van der Waals surface area contributed by atoms with Crippen molar-refractivity contribution < 1.29 is 8.83 Å². The molecule has 10 rings (SSSR count). The van der Waals surface area contributed by atoms with Crippen molar-refractivity contribution in [3.8, 4) is 22.3 Å². The van der Waals surface area contributed by atoms with Gasteiger partial charge in [-0.2, -0.15) is 0 Å². The largest absolute Gasteiger partial charge is 0.456 e. The quantitative estimate of drug-likeness (QED) is 0.190. The molecule has 10 aromatic rings. The molecule has 2 heterocycles. The molecule has 0 spiro atoms. The molecule has 0 atom stereocenters. The number of rotatable bonds is 5. The Balaban J connectivity index is 1.03. The second-order valence-corrected chi connectivity index (χ2v) is 12.5. The predicted octanol–water partition coefficient (Wildman–Crippen LogP) is 13.4. The molecule has 0 fully saturated rings. The molecule has 49 heavy (non-hydrogen) atoms. The van der Waals surface area contributed by atoms with E-state index in [4.69, 9.17) is 8.83 Å². The van der Waals surface area contributed by atoms with Gasteiger partial charge in [0.2, 0.25) is 0 Å². The van der Waals surface area contributed by atoms with Crippen LogP contribution in [-0.4, -0.2) is 0 Å². The van der Waals surface area contributed by atoms with Crippen LogP contribution < -0.4 is 4.90 Å². The summed E-state index contributed by atoms with van der Waals surface area (Å²) in [5, 5.41) is 6.88. The number of nitrogens with zero attached hydrogens (tertiary/aromatic N) is 1. The van der Waals surface area contributed by atoms with Crippen LogP contribution in [-0.2, 0) is 0 Å². The van der Waals surface area contributed by atoms with Gasteiger partial charge in [-0.3, -0.25) is 0 Å². The highest BCUT2D eigenvalue weighted by Gasteiger charge is 2.17. The lowest BCUT2D eigenvalue weighted by Gasteiger charge is -2.26. The fraction of sp³-hybridized carbons (Fsp3) is 0. The Labute approximate surface area is 282 Å². The molecule has 0 amide bonds. The number of anilines is 3. The molecule has 2 aromatic heterocycles. The van der Waals surface area contributed by atoms with Gasteiger partial charge in [0.05, 0.1) is 0 Å². The fourth-order valence-corrected chi connectivity index (χ4v) is 7.32. The minimum absolute atomic E-state index is 0.902. The second-order valence-electron chi connectivity index (χ2n) is 12.5. The van der Waals surface area contributed by atoms with Gasteiger partial charge < -0.3 is 13.7 Å². The second kappa shape index (κ2) is 11.0. The highest BCUT2D eigenvalue weighted by molar-refractivity contribution is 6.19. The molecular weight excluding hydrogens is 599 g/mol. The van der Waals surface area contributed by atoms with Gasteiger partial charge in [-0.1, -0.05) is 109 Å². The first-order valence-corrected chi connectivity index (χ1v) is 16.6. The maximum atomic E-state index is 6.47. The van der Waals surface area contributed by atoms with Gasteiger partial charge >= 0.3 is 0 Å². The van der Waals surface area contributed by atoms with Gasteiger partial charge in [-0.05, 0) is 94.4 Å². The molecule has 0 N–H and O–H groups in total. The van der Waals surface area contributed by atoms with E-state index in [-0.39, 0.29) is 0 Å². The molecule has 0 saturated heterocycles. The van der Waals surface area contributed by atoms with Crippen molar-refractivity contribution in [1.29, 1.82) is 0 Å². The highest BCUT2D eigenvalue weighted by atomic mass is 16.3. The SMILES string of the molecule is c1ccc(N(c2ccc(-c3ccc4oc5ccccc5c4c3)cc2)c2ccc(-c3cccc4oc5c6ccccc6ccc5c34)cc2)cc1. The summed E-state index contributed by atoms with van der Waals surface area (Å²) in [6.07, 6.45) is 0. The minimum Gasteiger partial charge on any atom is -0.456 e. The predicted molar refractivity (Wildman–Crippen MR) is 204 cm³/mol. The van der Waals surface area contributed by atoms with Crippen molar-refractivity contribution in [1.82, 2.24) is 0 Å². The van der Waals surface area contributed by atoms with E-state index in [0.717, 1.165) is 88.6 Å². The van der Waals surface area contributed by atoms with Crippen LogP contribution in [0.1, 0.15) is 0 Å². The molecule has 0 aliphatic carbocycles. The lowest BCUT2D eigenvalue weighted by atomic mass is 9.98. The van der Waals surface area contributed by atoms with Gasteiger partial charge in [-0.15, -0.1) is 0 Å². The first-order valence-electron chi connectivity index (χ1n) is 16.6. The van der Waals surface area contributed by atoms with E-state index in [1.165, 1.54) is 5.39 Å². The van der Waals surface area contributed by atoms with Gasteiger partial charge in [-0.25, -0.2) is 0 Å². The van der Waals surface area contributed by atoms with E-state index < -0.39 is 0 Å². The average Bonchev–Trinajstić information content (AvgIpc) is 3.75. The Kier molecular flexibility index (Phi) is 6.18. The molecule has 0 aliphatic rings. The zero-order chi connectivity index (χ0) is 32.3. The molecule has 8 aromatic carbocycles. The van der Waals surface area contributed by atoms with Crippen molar-refractivity contribution in [2.75, 3.05) is 4.90 Å². The number of para-hydroxylation sites is 2. The van der Waals surface area contributed by atoms with Crippen molar-refractivity contribution in [2.24, 2.45) is 0 Å². The number of fused-ring (bicyclic) bond motifs is 8. The molecule has 230 valence electrons. The molecule has 0 unspecified atom stereocenters. The third-order valence-electron chi connectivity index (χ3n) is 9.67. The molecule has 0 bridgehead atoms. The van der Waals surface area contributed by atoms with Crippen LogP contribution in [0.3, 0.4) is 0 Å². The summed E-state index contributed by atoms with van der Waals surface area (Å²) in [7, 11) is 0. The lowest BCUT2D eigenvalue weighted by Crippen LogP contribution is -2.09.